The van der Waals surface area contributed by atoms with Crippen LogP contribution in [0.25, 0.3) is 10.2 Å². The van der Waals surface area contributed by atoms with E-state index >= 15 is 0 Å². The van der Waals surface area contributed by atoms with Crippen molar-refractivity contribution < 1.29 is 9.53 Å². The van der Waals surface area contributed by atoms with Crippen molar-refractivity contribution in [2.45, 2.75) is 13.0 Å². The number of aromatic nitrogens is 3. The Labute approximate surface area is 185 Å². The van der Waals surface area contributed by atoms with E-state index < -0.39 is 0 Å². The lowest BCUT2D eigenvalue weighted by Crippen LogP contribution is -2.31. The molecular weight excluding hydrogens is 451 g/mol. The van der Waals surface area contributed by atoms with Crippen molar-refractivity contribution in [2.24, 2.45) is 0 Å². The van der Waals surface area contributed by atoms with Crippen molar-refractivity contribution >= 4 is 67.1 Å². The highest BCUT2D eigenvalue weighted by atomic mass is 35.5. The summed E-state index contributed by atoms with van der Waals surface area (Å²) in [6.07, 6.45) is 6.13. The van der Waals surface area contributed by atoms with Crippen molar-refractivity contribution in [3.05, 3.63) is 57.2 Å². The number of halogens is 2. The van der Waals surface area contributed by atoms with Gasteiger partial charge in [0, 0.05) is 25.5 Å². The molecular formula is C19H16Cl2N4O2S2. The van der Waals surface area contributed by atoms with E-state index in [4.69, 9.17) is 27.9 Å². The standard InChI is InChI=1S/C19H16Cl2N4O2S2/c1-27-13-4-3-12(20)17-16(13)23-19(29-17)25(9-2-8-24-10-7-22-11-24)18(26)14-5-6-15(21)28-14/h3-7,10-11H,2,8-9H2,1H3. The first-order chi connectivity index (χ1) is 14.1. The molecule has 0 aliphatic heterocycles. The molecule has 0 aliphatic rings. The summed E-state index contributed by atoms with van der Waals surface area (Å²) in [5, 5.41) is 1.15. The predicted molar refractivity (Wildman–Crippen MR) is 119 cm³/mol. The summed E-state index contributed by atoms with van der Waals surface area (Å²) in [6.45, 7) is 1.23. The maximum Gasteiger partial charge on any atom is 0.270 e. The summed E-state index contributed by atoms with van der Waals surface area (Å²) in [6, 6.07) is 7.01. The Morgan fingerprint density at radius 3 is 2.79 bits per heavy atom. The fourth-order valence-corrected chi connectivity index (χ4v) is 5.17. The normalized spacial score (nSPS) is 11.1. The van der Waals surface area contributed by atoms with Crippen molar-refractivity contribution in [1.82, 2.24) is 14.5 Å². The van der Waals surface area contributed by atoms with E-state index in [9.17, 15) is 4.79 Å². The highest BCUT2D eigenvalue weighted by Gasteiger charge is 2.24. The molecule has 0 saturated heterocycles. The van der Waals surface area contributed by atoms with Crippen molar-refractivity contribution in [1.29, 1.82) is 0 Å². The number of amides is 1. The number of ether oxygens (including phenoxy) is 1. The maximum atomic E-state index is 13.2. The molecule has 4 aromatic rings. The van der Waals surface area contributed by atoms with Gasteiger partial charge in [0.1, 0.15) is 11.3 Å². The average molecular weight is 467 g/mol. The van der Waals surface area contributed by atoms with Crippen LogP contribution in [0.15, 0.2) is 43.0 Å². The molecule has 0 N–H and O–H groups in total. The molecule has 0 aliphatic carbocycles. The lowest BCUT2D eigenvalue weighted by atomic mass is 10.3. The minimum Gasteiger partial charge on any atom is -0.494 e. The van der Waals surface area contributed by atoms with E-state index in [1.54, 1.807) is 48.8 Å². The van der Waals surface area contributed by atoms with Gasteiger partial charge in [0.15, 0.2) is 5.13 Å². The van der Waals surface area contributed by atoms with Crippen molar-refractivity contribution in [3.8, 4) is 5.75 Å². The molecule has 0 bridgehead atoms. The summed E-state index contributed by atoms with van der Waals surface area (Å²) in [4.78, 5) is 24.2. The van der Waals surface area contributed by atoms with Gasteiger partial charge in [-0.2, -0.15) is 0 Å². The van der Waals surface area contributed by atoms with Gasteiger partial charge >= 0.3 is 0 Å². The zero-order valence-electron chi connectivity index (χ0n) is 15.3. The molecule has 29 heavy (non-hydrogen) atoms. The Kier molecular flexibility index (Phi) is 6.05. The molecule has 0 radical (unpaired) electrons. The highest BCUT2D eigenvalue weighted by Crippen LogP contribution is 2.39. The Hall–Kier alpha value is -2.13. The van der Waals surface area contributed by atoms with Gasteiger partial charge in [-0.1, -0.05) is 34.5 Å². The van der Waals surface area contributed by atoms with Gasteiger partial charge in [0.25, 0.3) is 5.91 Å². The molecule has 1 amide bonds. The summed E-state index contributed by atoms with van der Waals surface area (Å²) in [5.74, 6) is 0.485. The Morgan fingerprint density at radius 2 is 2.10 bits per heavy atom. The Morgan fingerprint density at radius 1 is 1.24 bits per heavy atom. The first-order valence-electron chi connectivity index (χ1n) is 8.73. The molecule has 0 spiro atoms. The van der Waals surface area contributed by atoms with Gasteiger partial charge in [-0.15, -0.1) is 11.3 Å². The molecule has 0 unspecified atom stereocenters. The summed E-state index contributed by atoms with van der Waals surface area (Å²) in [7, 11) is 1.59. The van der Waals surface area contributed by atoms with Gasteiger partial charge in [-0.05, 0) is 30.7 Å². The summed E-state index contributed by atoms with van der Waals surface area (Å²) in [5.41, 5.74) is 0.650. The molecule has 0 fully saturated rings. The van der Waals surface area contributed by atoms with Gasteiger partial charge in [-0.3, -0.25) is 9.69 Å². The van der Waals surface area contributed by atoms with Crippen LogP contribution in [-0.4, -0.2) is 34.1 Å². The van der Waals surface area contributed by atoms with E-state index in [1.165, 1.54) is 22.7 Å². The van der Waals surface area contributed by atoms with Crippen molar-refractivity contribution in [3.63, 3.8) is 0 Å². The molecule has 0 saturated carbocycles. The van der Waals surface area contributed by atoms with Gasteiger partial charge in [0.05, 0.1) is 32.4 Å². The number of thiophene rings is 1. The minimum absolute atomic E-state index is 0.137. The second-order valence-corrected chi connectivity index (χ2v) is 9.24. The maximum absolute atomic E-state index is 13.2. The van der Waals surface area contributed by atoms with E-state index in [-0.39, 0.29) is 5.91 Å². The molecule has 10 heteroatoms. The van der Waals surface area contributed by atoms with E-state index in [1.807, 2.05) is 10.8 Å². The second-order valence-electron chi connectivity index (χ2n) is 6.14. The van der Waals surface area contributed by atoms with Crippen LogP contribution in [-0.2, 0) is 6.54 Å². The molecule has 3 aromatic heterocycles. The topological polar surface area (TPSA) is 60.2 Å². The first kappa shape index (κ1) is 20.2. The van der Waals surface area contributed by atoms with Crippen LogP contribution in [0.4, 0.5) is 5.13 Å². The van der Waals surface area contributed by atoms with Crippen LogP contribution in [0.3, 0.4) is 0 Å². The van der Waals surface area contributed by atoms with E-state index in [0.717, 1.165) is 17.7 Å². The zero-order valence-corrected chi connectivity index (χ0v) is 18.5. The number of hydrogen-bond acceptors (Lipinski definition) is 6. The summed E-state index contributed by atoms with van der Waals surface area (Å²) >= 11 is 15.0. The number of carbonyl (C=O) groups excluding carboxylic acids is 1. The van der Waals surface area contributed by atoms with Gasteiger partial charge in [-0.25, -0.2) is 9.97 Å². The van der Waals surface area contributed by atoms with Crippen LogP contribution >= 0.6 is 45.9 Å². The van der Waals surface area contributed by atoms with Crippen LogP contribution in [0.2, 0.25) is 9.36 Å². The molecule has 150 valence electrons. The zero-order chi connectivity index (χ0) is 20.4. The van der Waals surface area contributed by atoms with Gasteiger partial charge < -0.3 is 9.30 Å². The molecule has 3 heterocycles. The van der Waals surface area contributed by atoms with Crippen LogP contribution < -0.4 is 9.64 Å². The van der Waals surface area contributed by atoms with Crippen LogP contribution in [0, 0.1) is 0 Å². The second kappa shape index (κ2) is 8.71. The number of rotatable bonds is 7. The van der Waals surface area contributed by atoms with Crippen molar-refractivity contribution in [2.75, 3.05) is 18.6 Å². The average Bonchev–Trinajstić information content (AvgIpc) is 3.46. The molecule has 4 rings (SSSR count). The number of nitrogens with zero attached hydrogens (tertiary/aromatic N) is 4. The number of anilines is 1. The van der Waals surface area contributed by atoms with E-state index in [0.29, 0.717) is 37.2 Å². The van der Waals surface area contributed by atoms with E-state index in [2.05, 4.69) is 9.97 Å². The highest BCUT2D eigenvalue weighted by molar-refractivity contribution is 7.23. The predicted octanol–water partition coefficient (Wildman–Crippen LogP) is 5.61. The Bertz CT molecular complexity index is 1140. The third kappa shape index (κ3) is 4.25. The van der Waals surface area contributed by atoms with Crippen LogP contribution in [0.5, 0.6) is 5.75 Å². The number of hydrogen-bond donors (Lipinski definition) is 0. The third-order valence-corrected chi connectivity index (χ3v) is 7.04. The fourth-order valence-electron chi connectivity index (χ4n) is 2.90. The molecule has 1 aromatic carbocycles. The fraction of sp³-hybridized carbons (Fsp3) is 0.211. The first-order valence-corrected chi connectivity index (χ1v) is 11.1. The number of carbonyl (C=O) groups is 1. The summed E-state index contributed by atoms with van der Waals surface area (Å²) < 4.78 is 8.75. The Balaban J connectivity index is 1.68. The smallest absolute Gasteiger partial charge is 0.270 e. The van der Waals surface area contributed by atoms with Crippen LogP contribution in [0.1, 0.15) is 16.1 Å². The molecule has 0 atom stereocenters. The van der Waals surface area contributed by atoms with Gasteiger partial charge in [0.2, 0.25) is 0 Å². The SMILES string of the molecule is COc1ccc(Cl)c2sc(N(CCCn3ccnc3)C(=O)c3ccc(Cl)s3)nc12. The number of benzene rings is 1. The lowest BCUT2D eigenvalue weighted by molar-refractivity contribution is 0.0990. The third-order valence-electron chi connectivity index (χ3n) is 4.28. The number of imidazole rings is 1. The number of thiazole rings is 1. The number of aryl methyl sites for hydroxylation is 1. The lowest BCUT2D eigenvalue weighted by Gasteiger charge is -2.19. The largest absolute Gasteiger partial charge is 0.494 e. The minimum atomic E-state index is -0.137. The number of methoxy groups -OCH3 is 1. The molecule has 6 nitrogen and oxygen atoms in total. The monoisotopic (exact) mass is 466 g/mol. The quantitative estimate of drug-likeness (QED) is 0.355. The number of fused-ring (bicyclic) bond motifs is 1.